The highest BCUT2D eigenvalue weighted by molar-refractivity contribution is 5.94. The van der Waals surface area contributed by atoms with E-state index in [-0.39, 0.29) is 17.9 Å². The van der Waals surface area contributed by atoms with Crippen LogP contribution in [0.5, 0.6) is 0 Å². The normalized spacial score (nSPS) is 23.4. The zero-order valence-electron chi connectivity index (χ0n) is 17.0. The summed E-state index contributed by atoms with van der Waals surface area (Å²) < 4.78 is 0. The molecule has 0 radical (unpaired) electrons. The van der Waals surface area contributed by atoms with E-state index in [9.17, 15) is 24.3 Å². The Kier molecular flexibility index (Phi) is 8.84. The number of carboxylic acid groups (broad SMARTS) is 1. The lowest BCUT2D eigenvalue weighted by Crippen LogP contribution is -2.55. The number of hydrogen-bond donors (Lipinski definition) is 5. The Morgan fingerprint density at radius 1 is 1.14 bits per heavy atom. The number of likely N-dealkylation sites (tertiary alicyclic amines) is 1. The Labute approximate surface area is 170 Å². The molecule has 164 valence electrons. The number of carbonyl (C=O) groups excluding carboxylic acids is 3. The summed E-state index contributed by atoms with van der Waals surface area (Å²) >= 11 is 0. The van der Waals surface area contributed by atoms with E-state index >= 15 is 0 Å². The van der Waals surface area contributed by atoms with Gasteiger partial charge in [-0.2, -0.15) is 0 Å². The molecule has 0 aliphatic carbocycles. The van der Waals surface area contributed by atoms with Gasteiger partial charge in [-0.25, -0.2) is 4.79 Å². The number of nitrogens with two attached hydrogens (primary N) is 1. The Hall–Kier alpha value is -2.20. The first-order chi connectivity index (χ1) is 13.8. The highest BCUT2D eigenvalue weighted by atomic mass is 16.4. The van der Waals surface area contributed by atoms with E-state index in [0.29, 0.717) is 45.2 Å². The molecule has 2 aliphatic heterocycles. The SMILES string of the molecule is CC(NC(=O)C1CCCN1)C(=O)N1CCCC1C(=O)NC(CCCCN)C(=O)O. The first-order valence-corrected chi connectivity index (χ1v) is 10.4. The van der Waals surface area contributed by atoms with Crippen LogP contribution in [0.25, 0.3) is 0 Å². The number of carbonyl (C=O) groups is 4. The first-order valence-electron chi connectivity index (χ1n) is 10.4. The Morgan fingerprint density at radius 3 is 2.52 bits per heavy atom. The zero-order chi connectivity index (χ0) is 21.4. The average Bonchev–Trinajstić information content (AvgIpc) is 3.38. The molecule has 0 aromatic rings. The summed E-state index contributed by atoms with van der Waals surface area (Å²) in [7, 11) is 0. The molecule has 0 bridgehead atoms. The third kappa shape index (κ3) is 6.40. The number of amides is 3. The fourth-order valence-electron chi connectivity index (χ4n) is 3.85. The summed E-state index contributed by atoms with van der Waals surface area (Å²) in [6.07, 6.45) is 4.35. The summed E-state index contributed by atoms with van der Waals surface area (Å²) in [5, 5.41) is 17.7. The van der Waals surface area contributed by atoms with E-state index in [1.54, 1.807) is 6.92 Å². The van der Waals surface area contributed by atoms with Gasteiger partial charge in [0.2, 0.25) is 17.7 Å². The Morgan fingerprint density at radius 2 is 1.90 bits per heavy atom. The van der Waals surface area contributed by atoms with Crippen molar-refractivity contribution in [3.05, 3.63) is 0 Å². The minimum absolute atomic E-state index is 0.214. The minimum atomic E-state index is -1.10. The molecule has 2 fully saturated rings. The van der Waals surface area contributed by atoms with Crippen LogP contribution in [-0.4, -0.2) is 77.5 Å². The van der Waals surface area contributed by atoms with Crippen molar-refractivity contribution in [1.29, 1.82) is 0 Å². The minimum Gasteiger partial charge on any atom is -0.480 e. The fraction of sp³-hybridized carbons (Fsp3) is 0.789. The molecule has 0 saturated carbocycles. The molecule has 6 N–H and O–H groups in total. The van der Waals surface area contributed by atoms with Crippen LogP contribution in [-0.2, 0) is 19.2 Å². The number of aliphatic carboxylic acids is 1. The van der Waals surface area contributed by atoms with Gasteiger partial charge in [0.25, 0.3) is 0 Å². The van der Waals surface area contributed by atoms with Crippen LogP contribution in [0.15, 0.2) is 0 Å². The predicted octanol–water partition coefficient (Wildman–Crippen LogP) is -1.07. The molecule has 4 atom stereocenters. The van der Waals surface area contributed by atoms with Crippen molar-refractivity contribution in [3.63, 3.8) is 0 Å². The number of unbranched alkanes of at least 4 members (excludes halogenated alkanes) is 1. The van der Waals surface area contributed by atoms with E-state index in [4.69, 9.17) is 5.73 Å². The lowest BCUT2D eigenvalue weighted by molar-refractivity contribution is -0.145. The molecule has 2 heterocycles. The largest absolute Gasteiger partial charge is 0.480 e. The molecule has 0 aromatic carbocycles. The fourth-order valence-corrected chi connectivity index (χ4v) is 3.85. The van der Waals surface area contributed by atoms with E-state index in [1.807, 2.05) is 0 Å². The van der Waals surface area contributed by atoms with Gasteiger partial charge in [-0.3, -0.25) is 14.4 Å². The number of nitrogens with one attached hydrogen (secondary N) is 3. The van der Waals surface area contributed by atoms with Gasteiger partial charge in [-0.1, -0.05) is 0 Å². The van der Waals surface area contributed by atoms with Crippen LogP contribution in [0.4, 0.5) is 0 Å². The number of carboxylic acids is 1. The number of hydrogen-bond acceptors (Lipinski definition) is 6. The molecule has 2 saturated heterocycles. The van der Waals surface area contributed by atoms with Crippen molar-refractivity contribution < 1.29 is 24.3 Å². The second kappa shape index (κ2) is 11.1. The van der Waals surface area contributed by atoms with Gasteiger partial charge in [-0.05, 0) is 65.0 Å². The van der Waals surface area contributed by atoms with Crippen molar-refractivity contribution in [2.45, 2.75) is 76.0 Å². The first kappa shape index (κ1) is 23.1. The van der Waals surface area contributed by atoms with E-state index < -0.39 is 30.0 Å². The molecule has 0 spiro atoms. The van der Waals surface area contributed by atoms with Gasteiger partial charge < -0.3 is 31.7 Å². The second-order valence-corrected chi connectivity index (χ2v) is 7.75. The van der Waals surface area contributed by atoms with Crippen LogP contribution in [0.1, 0.15) is 51.9 Å². The van der Waals surface area contributed by atoms with Gasteiger partial charge in [0.1, 0.15) is 18.1 Å². The molecule has 3 amide bonds. The highest BCUT2D eigenvalue weighted by Crippen LogP contribution is 2.19. The van der Waals surface area contributed by atoms with Crippen LogP contribution in [0.2, 0.25) is 0 Å². The summed E-state index contributed by atoms with van der Waals surface area (Å²) in [6.45, 7) is 3.26. The highest BCUT2D eigenvalue weighted by Gasteiger charge is 2.38. The van der Waals surface area contributed by atoms with Crippen molar-refractivity contribution in [2.75, 3.05) is 19.6 Å². The topological polar surface area (TPSA) is 154 Å². The van der Waals surface area contributed by atoms with Gasteiger partial charge in [0, 0.05) is 6.54 Å². The molecule has 2 rings (SSSR count). The van der Waals surface area contributed by atoms with E-state index in [0.717, 1.165) is 19.4 Å². The Bertz CT molecular complexity index is 608. The second-order valence-electron chi connectivity index (χ2n) is 7.75. The van der Waals surface area contributed by atoms with Crippen LogP contribution in [0.3, 0.4) is 0 Å². The quantitative estimate of drug-likeness (QED) is 0.287. The van der Waals surface area contributed by atoms with Crippen LogP contribution >= 0.6 is 0 Å². The van der Waals surface area contributed by atoms with Gasteiger partial charge in [0.15, 0.2) is 0 Å². The maximum Gasteiger partial charge on any atom is 0.326 e. The van der Waals surface area contributed by atoms with E-state index in [1.165, 1.54) is 4.90 Å². The summed E-state index contributed by atoms with van der Waals surface area (Å²) in [5.41, 5.74) is 5.43. The zero-order valence-corrected chi connectivity index (χ0v) is 17.0. The molecule has 2 aliphatic rings. The molecule has 0 aromatic heterocycles. The van der Waals surface area contributed by atoms with Crippen LogP contribution < -0.4 is 21.7 Å². The molecule has 10 nitrogen and oxygen atoms in total. The predicted molar refractivity (Wildman–Crippen MR) is 106 cm³/mol. The van der Waals surface area contributed by atoms with E-state index in [2.05, 4.69) is 16.0 Å². The summed E-state index contributed by atoms with van der Waals surface area (Å²) in [5.74, 6) is -2.11. The van der Waals surface area contributed by atoms with Crippen molar-refractivity contribution in [3.8, 4) is 0 Å². The smallest absolute Gasteiger partial charge is 0.326 e. The monoisotopic (exact) mass is 411 g/mol. The summed E-state index contributed by atoms with van der Waals surface area (Å²) in [6, 6.07) is -2.76. The van der Waals surface area contributed by atoms with Gasteiger partial charge >= 0.3 is 5.97 Å². The maximum atomic E-state index is 12.8. The molecule has 10 heteroatoms. The van der Waals surface area contributed by atoms with Crippen molar-refractivity contribution in [1.82, 2.24) is 20.9 Å². The van der Waals surface area contributed by atoms with Crippen LogP contribution in [0, 0.1) is 0 Å². The molecular formula is C19H33N5O5. The molecule has 29 heavy (non-hydrogen) atoms. The van der Waals surface area contributed by atoms with Crippen molar-refractivity contribution in [2.24, 2.45) is 5.73 Å². The Balaban J connectivity index is 1.92. The number of nitrogens with zero attached hydrogens (tertiary/aromatic N) is 1. The standard InChI is InChI=1S/C19H33N5O5/c1-12(22-16(25)13-7-4-10-21-13)18(27)24-11-5-8-15(24)17(26)23-14(19(28)29)6-2-3-9-20/h12-15,21H,2-11,20H2,1H3,(H,22,25)(H,23,26)(H,28,29). The summed E-state index contributed by atoms with van der Waals surface area (Å²) in [4.78, 5) is 50.6. The third-order valence-electron chi connectivity index (χ3n) is 5.51. The third-order valence-corrected chi connectivity index (χ3v) is 5.51. The molecular weight excluding hydrogens is 378 g/mol. The maximum absolute atomic E-state index is 12.8. The number of rotatable bonds is 10. The van der Waals surface area contributed by atoms with Gasteiger partial charge in [-0.15, -0.1) is 0 Å². The average molecular weight is 412 g/mol. The van der Waals surface area contributed by atoms with Crippen molar-refractivity contribution >= 4 is 23.7 Å². The van der Waals surface area contributed by atoms with Gasteiger partial charge in [0.05, 0.1) is 6.04 Å². The molecule has 4 unspecified atom stereocenters. The lowest BCUT2D eigenvalue weighted by Gasteiger charge is -2.28. The lowest BCUT2D eigenvalue weighted by atomic mass is 10.1.